The van der Waals surface area contributed by atoms with Crippen LogP contribution in [0.25, 0.3) is 0 Å². The molecule has 0 amide bonds. The molecule has 3 N–H and O–H groups in total. The van der Waals surface area contributed by atoms with Gasteiger partial charge in [0, 0.05) is 25.7 Å². The third-order valence-electron chi connectivity index (χ3n) is 17.0. The summed E-state index contributed by atoms with van der Waals surface area (Å²) < 4.78 is 68.4. The summed E-state index contributed by atoms with van der Waals surface area (Å²) in [5, 5.41) is 10.6. The van der Waals surface area contributed by atoms with Crippen LogP contribution in [-0.4, -0.2) is 96.7 Å². The Bertz CT molecular complexity index is 1950. The quantitative estimate of drug-likeness (QED) is 0.0169. The van der Waals surface area contributed by atoms with Gasteiger partial charge in [-0.05, 0) is 69.1 Å². The van der Waals surface area contributed by atoms with Gasteiger partial charge < -0.3 is 33.8 Å². The van der Waals surface area contributed by atoms with Crippen LogP contribution in [0.1, 0.15) is 363 Å². The van der Waals surface area contributed by atoms with Crippen molar-refractivity contribution in [2.24, 2.45) is 17.8 Å². The lowest BCUT2D eigenvalue weighted by Crippen LogP contribution is -2.30. The predicted octanol–water partition coefficient (Wildman–Crippen LogP) is 21.7. The highest BCUT2D eigenvalue weighted by atomic mass is 31.2. The number of phosphoric acid groups is 2. The third-order valence-corrected chi connectivity index (χ3v) is 18.9. The van der Waals surface area contributed by atoms with Crippen LogP contribution in [0.4, 0.5) is 0 Å². The lowest BCUT2D eigenvalue weighted by atomic mass is 10.0. The first-order chi connectivity index (χ1) is 45.7. The number of ether oxygens (including phenoxy) is 4. The molecule has 0 aliphatic carbocycles. The maximum Gasteiger partial charge on any atom is 0.472 e. The van der Waals surface area contributed by atoms with Crippen molar-refractivity contribution in [2.75, 3.05) is 39.6 Å². The molecule has 0 heterocycles. The van der Waals surface area contributed by atoms with Gasteiger partial charge in [-0.15, -0.1) is 0 Å². The molecular weight excluding hydrogens is 1250 g/mol. The second-order valence-electron chi connectivity index (χ2n) is 28.1. The average Bonchev–Trinajstić information content (AvgIpc) is 1.54. The van der Waals surface area contributed by atoms with Crippen LogP contribution in [0.15, 0.2) is 24.3 Å². The summed E-state index contributed by atoms with van der Waals surface area (Å²) in [6.07, 6.45) is 55.1. The molecule has 95 heavy (non-hydrogen) atoms. The van der Waals surface area contributed by atoms with Crippen molar-refractivity contribution in [1.29, 1.82) is 0 Å². The average molecular weight is 1390 g/mol. The first kappa shape index (κ1) is 92.5. The van der Waals surface area contributed by atoms with Crippen molar-refractivity contribution in [3.8, 4) is 0 Å². The van der Waals surface area contributed by atoms with Gasteiger partial charge in [0.15, 0.2) is 12.2 Å². The Hall–Kier alpha value is -2.46. The van der Waals surface area contributed by atoms with E-state index in [0.717, 1.165) is 121 Å². The number of rotatable bonds is 72. The highest BCUT2D eigenvalue weighted by Gasteiger charge is 2.30. The zero-order valence-electron chi connectivity index (χ0n) is 61.6. The summed E-state index contributed by atoms with van der Waals surface area (Å²) >= 11 is 0. The first-order valence-corrected chi connectivity index (χ1v) is 41.7. The fourth-order valence-corrected chi connectivity index (χ4v) is 12.6. The molecule has 0 bridgehead atoms. The summed E-state index contributed by atoms with van der Waals surface area (Å²) in [5.41, 5.74) is 0. The fourth-order valence-electron chi connectivity index (χ4n) is 11.1. The van der Waals surface area contributed by atoms with Gasteiger partial charge >= 0.3 is 39.5 Å². The molecule has 0 saturated carbocycles. The standard InChI is InChI=1S/C76H144O17P2/c1-8-9-10-11-12-13-14-15-18-22-25-28-37-45-52-59-76(81)93-72(64-87-74(79)58-51-44-39-32-35-42-49-56-69(6)7)66-91-95(84,85)89-62-70(77)61-88-94(82,83)90-65-71(63-86-73(78)57-50-43-36-31-30-34-41-48-55-68(4)5)92-75(80)60-53-46-38-29-26-23-20-17-16-19-21-24-27-33-40-47-54-67(2)3/h13-15,18,67-72,77H,8-12,16-17,19-66H2,1-7H3,(H,82,83)(H,84,85)/b14-13-,18-15-/t70?,71-,72-/m1/s1. The topological polar surface area (TPSA) is 237 Å². The van der Waals surface area contributed by atoms with E-state index < -0.39 is 97.5 Å². The summed E-state index contributed by atoms with van der Waals surface area (Å²) in [4.78, 5) is 72.7. The normalized spacial score (nSPS) is 14.2. The summed E-state index contributed by atoms with van der Waals surface area (Å²) in [5.74, 6) is 0.0837. The van der Waals surface area contributed by atoms with Gasteiger partial charge in [-0.25, -0.2) is 9.13 Å². The van der Waals surface area contributed by atoms with E-state index in [-0.39, 0.29) is 25.7 Å². The van der Waals surface area contributed by atoms with E-state index in [4.69, 9.17) is 37.0 Å². The molecule has 5 atom stereocenters. The molecule has 0 rings (SSSR count). The van der Waals surface area contributed by atoms with E-state index in [2.05, 4.69) is 72.8 Å². The van der Waals surface area contributed by atoms with Crippen LogP contribution < -0.4 is 0 Å². The maximum absolute atomic E-state index is 13.1. The van der Waals surface area contributed by atoms with Crippen molar-refractivity contribution in [3.05, 3.63) is 24.3 Å². The van der Waals surface area contributed by atoms with Gasteiger partial charge in [-0.1, -0.05) is 310 Å². The molecule has 0 aromatic rings. The van der Waals surface area contributed by atoms with E-state index in [1.807, 2.05) is 0 Å². The molecule has 3 unspecified atom stereocenters. The van der Waals surface area contributed by atoms with Gasteiger partial charge in [0.1, 0.15) is 19.3 Å². The maximum atomic E-state index is 13.1. The number of carbonyl (C=O) groups is 4. The number of aliphatic hydroxyl groups excluding tert-OH is 1. The van der Waals surface area contributed by atoms with Crippen molar-refractivity contribution < 1.29 is 80.2 Å². The van der Waals surface area contributed by atoms with Crippen LogP contribution >= 0.6 is 15.6 Å². The minimum Gasteiger partial charge on any atom is -0.462 e. The number of aliphatic hydroxyl groups is 1. The summed E-state index contributed by atoms with van der Waals surface area (Å²) in [6, 6.07) is 0. The number of phosphoric ester groups is 2. The van der Waals surface area contributed by atoms with Crippen molar-refractivity contribution in [3.63, 3.8) is 0 Å². The predicted molar refractivity (Wildman–Crippen MR) is 386 cm³/mol. The van der Waals surface area contributed by atoms with Crippen molar-refractivity contribution in [1.82, 2.24) is 0 Å². The van der Waals surface area contributed by atoms with Crippen molar-refractivity contribution >= 4 is 39.5 Å². The molecule has 19 heteroatoms. The molecule has 0 aliphatic heterocycles. The zero-order valence-corrected chi connectivity index (χ0v) is 63.4. The lowest BCUT2D eigenvalue weighted by molar-refractivity contribution is -0.161. The van der Waals surface area contributed by atoms with Gasteiger partial charge in [0.2, 0.25) is 0 Å². The monoisotopic (exact) mass is 1390 g/mol. The number of esters is 4. The molecule has 560 valence electrons. The highest BCUT2D eigenvalue weighted by Crippen LogP contribution is 2.45. The van der Waals surface area contributed by atoms with Gasteiger partial charge in [-0.2, -0.15) is 0 Å². The largest absolute Gasteiger partial charge is 0.472 e. The fraction of sp³-hybridized carbons (Fsp3) is 0.895. The smallest absolute Gasteiger partial charge is 0.462 e. The van der Waals surface area contributed by atoms with Crippen LogP contribution in [-0.2, 0) is 65.4 Å². The Morgan fingerprint density at radius 1 is 0.326 bits per heavy atom. The van der Waals surface area contributed by atoms with Gasteiger partial charge in [0.05, 0.1) is 26.4 Å². The third kappa shape index (κ3) is 69.8. The Kier molecular flexibility index (Phi) is 64.4. The molecule has 0 spiro atoms. The number of unbranched alkanes of at least 4 members (excludes halogenated alkanes) is 37. The number of allylic oxidation sites excluding steroid dienone is 4. The van der Waals surface area contributed by atoms with E-state index in [1.165, 1.54) is 154 Å². The Balaban J connectivity index is 5.25. The van der Waals surface area contributed by atoms with Gasteiger partial charge in [-0.3, -0.25) is 37.3 Å². The summed E-state index contributed by atoms with van der Waals surface area (Å²) in [6.45, 7) is 11.8. The van der Waals surface area contributed by atoms with Crippen molar-refractivity contribution in [2.45, 2.75) is 381 Å². The van der Waals surface area contributed by atoms with E-state index >= 15 is 0 Å². The molecule has 17 nitrogen and oxygen atoms in total. The van der Waals surface area contributed by atoms with Crippen LogP contribution in [0.3, 0.4) is 0 Å². The van der Waals surface area contributed by atoms with Crippen LogP contribution in [0.5, 0.6) is 0 Å². The molecule has 0 saturated heterocycles. The zero-order chi connectivity index (χ0) is 70.1. The van der Waals surface area contributed by atoms with Gasteiger partial charge in [0.25, 0.3) is 0 Å². The molecule has 0 fully saturated rings. The second-order valence-corrected chi connectivity index (χ2v) is 31.0. The van der Waals surface area contributed by atoms with E-state index in [9.17, 15) is 43.2 Å². The summed E-state index contributed by atoms with van der Waals surface area (Å²) in [7, 11) is -9.92. The SMILES string of the molecule is CCCCCC/C=C\C=C/CCCCCCCC(=O)O[C@H](COC(=O)CCCCCCCCCC(C)C)COP(=O)(O)OCC(O)COP(=O)(O)OC[C@@H](COC(=O)CCCCCCCCCCC(C)C)OC(=O)CCCCCCCCCCCCCCCCCCC(C)C. The Morgan fingerprint density at radius 2 is 0.568 bits per heavy atom. The number of hydrogen-bond acceptors (Lipinski definition) is 15. The number of carbonyl (C=O) groups excluding carboxylic acids is 4. The second kappa shape index (κ2) is 66.1. The molecular formula is C76H144O17P2. The molecule has 0 aromatic heterocycles. The van der Waals surface area contributed by atoms with E-state index in [0.29, 0.717) is 31.6 Å². The molecule has 0 radical (unpaired) electrons. The highest BCUT2D eigenvalue weighted by molar-refractivity contribution is 7.47. The minimum atomic E-state index is -4.96. The molecule has 0 aliphatic rings. The van der Waals surface area contributed by atoms with Crippen LogP contribution in [0, 0.1) is 17.8 Å². The Labute approximate surface area is 580 Å². The minimum absolute atomic E-state index is 0.0839. The Morgan fingerprint density at radius 3 is 0.853 bits per heavy atom. The van der Waals surface area contributed by atoms with E-state index in [1.54, 1.807) is 0 Å². The number of hydrogen-bond donors (Lipinski definition) is 3. The molecule has 0 aromatic carbocycles. The van der Waals surface area contributed by atoms with Crippen LogP contribution in [0.2, 0.25) is 0 Å². The first-order valence-electron chi connectivity index (χ1n) is 38.7. The lowest BCUT2D eigenvalue weighted by Gasteiger charge is -2.21.